The molecule has 0 spiro atoms. The second-order valence-electron chi connectivity index (χ2n) is 10.9. The largest absolute Gasteiger partial charge is 0.497 e. The van der Waals surface area contributed by atoms with Crippen LogP contribution in [0, 0.1) is 0 Å². The maximum Gasteiger partial charge on any atom is 0.167 e. The zero-order valence-electron chi connectivity index (χ0n) is 21.4. The van der Waals surface area contributed by atoms with E-state index in [0.717, 1.165) is 22.4 Å². The van der Waals surface area contributed by atoms with Gasteiger partial charge in [-0.25, -0.2) is 0 Å². The molecule has 0 fully saturated rings. The van der Waals surface area contributed by atoms with Crippen LogP contribution < -0.4 is 4.74 Å². The van der Waals surface area contributed by atoms with Gasteiger partial charge >= 0.3 is 0 Å². The van der Waals surface area contributed by atoms with E-state index in [9.17, 15) is 4.79 Å². The molecule has 0 saturated heterocycles. The summed E-state index contributed by atoms with van der Waals surface area (Å²) in [5.41, 5.74) is 8.74. The fourth-order valence-electron chi connectivity index (χ4n) is 4.96. The molecular weight excluding hydrogens is 416 g/mol. The fraction of sp³-hybridized carbons (Fsp3) is 0.344. The summed E-state index contributed by atoms with van der Waals surface area (Å²) in [6.07, 6.45) is 5.04. The Morgan fingerprint density at radius 1 is 0.824 bits per heavy atom. The van der Waals surface area contributed by atoms with E-state index < -0.39 is 0 Å². The molecular formula is C32H36O2. The van der Waals surface area contributed by atoms with Gasteiger partial charge in [-0.2, -0.15) is 0 Å². The number of hydrogen-bond acceptors (Lipinski definition) is 2. The van der Waals surface area contributed by atoms with Gasteiger partial charge in [0.15, 0.2) is 5.78 Å². The number of rotatable bonds is 6. The third-order valence-corrected chi connectivity index (χ3v) is 7.45. The van der Waals surface area contributed by atoms with Crippen molar-refractivity contribution in [3.05, 3.63) is 100 Å². The summed E-state index contributed by atoms with van der Waals surface area (Å²) in [5, 5.41) is 0. The summed E-state index contributed by atoms with van der Waals surface area (Å²) in [6, 6.07) is 22.6. The Hall–Kier alpha value is -3.13. The van der Waals surface area contributed by atoms with Gasteiger partial charge in [-0.3, -0.25) is 4.79 Å². The summed E-state index contributed by atoms with van der Waals surface area (Å²) in [5.74, 6) is 0.922. The van der Waals surface area contributed by atoms with Crippen LogP contribution in [0.15, 0.2) is 66.7 Å². The van der Waals surface area contributed by atoms with Gasteiger partial charge in [0.2, 0.25) is 0 Å². The molecule has 2 heteroatoms. The molecule has 0 heterocycles. The number of allylic oxidation sites excluding steroid dienone is 1. The van der Waals surface area contributed by atoms with Gasteiger partial charge < -0.3 is 4.74 Å². The van der Waals surface area contributed by atoms with Gasteiger partial charge in [-0.1, -0.05) is 88.4 Å². The van der Waals surface area contributed by atoms with Crippen LogP contribution >= 0.6 is 0 Å². The molecule has 3 aromatic rings. The zero-order chi connectivity index (χ0) is 24.5. The van der Waals surface area contributed by atoms with E-state index in [-0.39, 0.29) is 16.6 Å². The first-order chi connectivity index (χ1) is 16.1. The van der Waals surface area contributed by atoms with E-state index in [4.69, 9.17) is 4.74 Å². The maximum atomic E-state index is 12.7. The molecule has 0 aliphatic heterocycles. The Morgan fingerprint density at radius 3 is 2.03 bits per heavy atom. The third kappa shape index (κ3) is 5.01. The lowest BCUT2D eigenvalue weighted by atomic mass is 9.63. The summed E-state index contributed by atoms with van der Waals surface area (Å²) >= 11 is 0. The lowest BCUT2D eigenvalue weighted by Gasteiger charge is -2.42. The van der Waals surface area contributed by atoms with Gasteiger partial charge in [-0.15, -0.1) is 0 Å². The van der Waals surface area contributed by atoms with Crippen molar-refractivity contribution >= 4 is 17.4 Å². The van der Waals surface area contributed by atoms with Crippen molar-refractivity contribution < 1.29 is 9.53 Å². The first-order valence-electron chi connectivity index (χ1n) is 12.2. The maximum absolute atomic E-state index is 12.7. The highest BCUT2D eigenvalue weighted by atomic mass is 16.5. The highest BCUT2D eigenvalue weighted by Gasteiger charge is 2.36. The SMILES string of the molecule is COc1ccc(CC(=O)c2ccc(C=C(C)c3ccc4c(c3)C(C)(C)CCC4(C)C)cc2)cc1. The summed E-state index contributed by atoms with van der Waals surface area (Å²) < 4.78 is 5.19. The lowest BCUT2D eigenvalue weighted by molar-refractivity contribution is 0.0993. The highest BCUT2D eigenvalue weighted by molar-refractivity contribution is 5.97. The predicted molar refractivity (Wildman–Crippen MR) is 143 cm³/mol. The zero-order valence-corrected chi connectivity index (χ0v) is 21.4. The van der Waals surface area contributed by atoms with E-state index in [1.165, 1.54) is 35.1 Å². The summed E-state index contributed by atoms with van der Waals surface area (Å²) in [6.45, 7) is 11.6. The molecule has 0 bridgehead atoms. The fourth-order valence-corrected chi connectivity index (χ4v) is 4.96. The molecule has 4 rings (SSSR count). The number of carbonyl (C=O) groups is 1. The lowest BCUT2D eigenvalue weighted by Crippen LogP contribution is -2.33. The minimum Gasteiger partial charge on any atom is -0.497 e. The molecule has 0 N–H and O–H groups in total. The van der Waals surface area contributed by atoms with Gasteiger partial charge in [0.05, 0.1) is 7.11 Å². The average molecular weight is 453 g/mol. The predicted octanol–water partition coefficient (Wildman–Crippen LogP) is 8.03. The number of ketones is 1. The topological polar surface area (TPSA) is 26.3 Å². The molecule has 176 valence electrons. The smallest absolute Gasteiger partial charge is 0.167 e. The normalized spacial score (nSPS) is 16.6. The van der Waals surface area contributed by atoms with Crippen LogP contribution in [0.25, 0.3) is 11.6 Å². The Labute approximate surface area is 204 Å². The molecule has 2 nitrogen and oxygen atoms in total. The minimum absolute atomic E-state index is 0.122. The Bertz CT molecular complexity index is 1210. The van der Waals surface area contributed by atoms with Crippen molar-refractivity contribution in [3.63, 3.8) is 0 Å². The van der Waals surface area contributed by atoms with Crippen molar-refractivity contribution in [2.75, 3.05) is 7.11 Å². The standard InChI is InChI=1S/C32H36O2/c1-22(26-13-16-28-29(21-26)32(4,5)18-17-31(28,2)3)19-23-7-11-25(12-8-23)30(33)20-24-9-14-27(34-6)15-10-24/h7-16,19,21H,17-18,20H2,1-6H3. The second-order valence-corrected chi connectivity index (χ2v) is 10.9. The van der Waals surface area contributed by atoms with Gasteiger partial charge in [-0.05, 0) is 76.1 Å². The average Bonchev–Trinajstić information content (AvgIpc) is 2.83. The van der Waals surface area contributed by atoms with Crippen molar-refractivity contribution in [3.8, 4) is 5.75 Å². The van der Waals surface area contributed by atoms with Gasteiger partial charge in [0.1, 0.15) is 5.75 Å². The van der Waals surface area contributed by atoms with Crippen molar-refractivity contribution in [2.24, 2.45) is 0 Å². The first-order valence-corrected chi connectivity index (χ1v) is 12.2. The Kier molecular flexibility index (Phi) is 6.53. The monoisotopic (exact) mass is 452 g/mol. The van der Waals surface area contributed by atoms with Crippen LogP contribution in [-0.4, -0.2) is 12.9 Å². The molecule has 0 aromatic heterocycles. The molecule has 3 aromatic carbocycles. The molecule has 0 saturated carbocycles. The van der Waals surface area contributed by atoms with Crippen LogP contribution in [0.1, 0.15) is 85.6 Å². The summed E-state index contributed by atoms with van der Waals surface area (Å²) in [7, 11) is 1.64. The second kappa shape index (κ2) is 9.25. The quantitative estimate of drug-likeness (QED) is 0.279. The molecule has 34 heavy (non-hydrogen) atoms. The van der Waals surface area contributed by atoms with Crippen molar-refractivity contribution in [1.82, 2.24) is 0 Å². The van der Waals surface area contributed by atoms with Crippen LogP contribution in [-0.2, 0) is 17.3 Å². The van der Waals surface area contributed by atoms with E-state index in [2.05, 4.69) is 58.9 Å². The molecule has 1 aliphatic carbocycles. The highest BCUT2D eigenvalue weighted by Crippen LogP contribution is 2.46. The molecule has 1 aliphatic rings. The van der Waals surface area contributed by atoms with E-state index >= 15 is 0 Å². The number of carbonyl (C=O) groups excluding carboxylic acids is 1. The van der Waals surface area contributed by atoms with Gasteiger partial charge in [0.25, 0.3) is 0 Å². The molecule has 0 atom stereocenters. The molecule has 0 amide bonds. The van der Waals surface area contributed by atoms with Crippen LogP contribution in [0.3, 0.4) is 0 Å². The molecule has 0 unspecified atom stereocenters. The Morgan fingerprint density at radius 2 is 1.41 bits per heavy atom. The Balaban J connectivity index is 1.51. The van der Waals surface area contributed by atoms with Crippen molar-refractivity contribution in [1.29, 1.82) is 0 Å². The van der Waals surface area contributed by atoms with E-state index in [0.29, 0.717) is 6.42 Å². The molecule has 0 radical (unpaired) electrons. The number of benzene rings is 3. The third-order valence-electron chi connectivity index (χ3n) is 7.45. The number of methoxy groups -OCH3 is 1. The first kappa shape index (κ1) is 24.0. The van der Waals surface area contributed by atoms with Gasteiger partial charge in [0, 0.05) is 12.0 Å². The van der Waals surface area contributed by atoms with Crippen LogP contribution in [0.2, 0.25) is 0 Å². The summed E-state index contributed by atoms with van der Waals surface area (Å²) in [4.78, 5) is 12.7. The van der Waals surface area contributed by atoms with Crippen LogP contribution in [0.5, 0.6) is 5.75 Å². The van der Waals surface area contributed by atoms with E-state index in [1.807, 2.05) is 48.5 Å². The number of fused-ring (bicyclic) bond motifs is 1. The number of ether oxygens (including phenoxy) is 1. The van der Waals surface area contributed by atoms with Crippen molar-refractivity contribution in [2.45, 2.75) is 64.7 Å². The van der Waals surface area contributed by atoms with E-state index in [1.54, 1.807) is 7.11 Å². The number of hydrogen-bond donors (Lipinski definition) is 0. The number of Topliss-reactive ketones (excluding diaryl/α,β-unsaturated/α-hetero) is 1. The van der Waals surface area contributed by atoms with Crippen LogP contribution in [0.4, 0.5) is 0 Å². The minimum atomic E-state index is 0.122.